The fraction of sp³-hybridized carbons (Fsp3) is 0.500. The smallest absolute Gasteiger partial charge is 0.191 e. The van der Waals surface area contributed by atoms with Gasteiger partial charge in [-0.15, -0.1) is 0 Å². The van der Waals surface area contributed by atoms with Gasteiger partial charge in [-0.2, -0.15) is 0 Å². The van der Waals surface area contributed by atoms with E-state index in [4.69, 9.17) is 9.73 Å². The third kappa shape index (κ3) is 7.02. The van der Waals surface area contributed by atoms with E-state index in [1.165, 1.54) is 18.4 Å². The summed E-state index contributed by atoms with van der Waals surface area (Å²) >= 11 is 0. The molecule has 2 heterocycles. The van der Waals surface area contributed by atoms with Gasteiger partial charge in [0.05, 0.1) is 12.6 Å². The number of benzene rings is 1. The zero-order valence-electron chi connectivity index (χ0n) is 18.3. The molecule has 1 aliphatic heterocycles. The van der Waals surface area contributed by atoms with Gasteiger partial charge in [-0.25, -0.2) is 9.98 Å². The predicted octanol–water partition coefficient (Wildman–Crippen LogP) is 3.90. The van der Waals surface area contributed by atoms with Gasteiger partial charge in [0.2, 0.25) is 0 Å². The van der Waals surface area contributed by atoms with E-state index in [-0.39, 0.29) is 6.10 Å². The summed E-state index contributed by atoms with van der Waals surface area (Å²) in [6, 6.07) is 14.6. The zero-order chi connectivity index (χ0) is 21.0. The molecule has 0 radical (unpaired) electrons. The van der Waals surface area contributed by atoms with E-state index in [1.807, 2.05) is 24.4 Å². The highest BCUT2D eigenvalue weighted by molar-refractivity contribution is 5.79. The normalized spacial score (nSPS) is 15.3. The lowest BCUT2D eigenvalue weighted by Gasteiger charge is -2.16. The van der Waals surface area contributed by atoms with E-state index in [9.17, 15) is 0 Å². The fourth-order valence-electron chi connectivity index (χ4n) is 3.51. The van der Waals surface area contributed by atoms with Gasteiger partial charge in [0.25, 0.3) is 0 Å². The summed E-state index contributed by atoms with van der Waals surface area (Å²) in [5.41, 5.74) is 2.33. The molecule has 2 aromatic rings. The molecule has 3 rings (SSSR count). The van der Waals surface area contributed by atoms with Crippen LogP contribution in [0.1, 0.15) is 50.3 Å². The van der Waals surface area contributed by atoms with Crippen molar-refractivity contribution >= 4 is 11.8 Å². The molecular weight excluding hydrogens is 374 g/mol. The van der Waals surface area contributed by atoms with Crippen LogP contribution in [0.4, 0.5) is 5.82 Å². The van der Waals surface area contributed by atoms with Gasteiger partial charge in [0.1, 0.15) is 5.82 Å². The van der Waals surface area contributed by atoms with Crippen molar-refractivity contribution in [3.8, 4) is 0 Å². The van der Waals surface area contributed by atoms with Gasteiger partial charge in [0, 0.05) is 39.0 Å². The molecule has 1 saturated heterocycles. The lowest BCUT2D eigenvalue weighted by Crippen LogP contribution is -2.38. The number of guanidine groups is 1. The number of hydrogen-bond acceptors (Lipinski definition) is 4. The molecule has 30 heavy (non-hydrogen) atoms. The van der Waals surface area contributed by atoms with E-state index in [0.717, 1.165) is 49.9 Å². The largest absolute Gasteiger partial charge is 0.374 e. The van der Waals surface area contributed by atoms with Gasteiger partial charge in [-0.1, -0.05) is 36.4 Å². The minimum Gasteiger partial charge on any atom is -0.374 e. The first-order valence-corrected chi connectivity index (χ1v) is 11.1. The Labute approximate surface area is 180 Å². The highest BCUT2D eigenvalue weighted by Gasteiger charge is 2.12. The predicted molar refractivity (Wildman–Crippen MR) is 124 cm³/mol. The monoisotopic (exact) mass is 409 g/mol. The second-order valence-corrected chi connectivity index (χ2v) is 7.62. The van der Waals surface area contributed by atoms with Crippen molar-refractivity contribution in [3.63, 3.8) is 0 Å². The van der Waals surface area contributed by atoms with Crippen LogP contribution in [0.3, 0.4) is 0 Å². The van der Waals surface area contributed by atoms with Crippen LogP contribution in [0.25, 0.3) is 0 Å². The minimum atomic E-state index is 0.115. The maximum atomic E-state index is 5.94. The molecule has 6 heteroatoms. The van der Waals surface area contributed by atoms with Gasteiger partial charge < -0.3 is 20.3 Å². The second kappa shape index (κ2) is 12.2. The van der Waals surface area contributed by atoms with Crippen molar-refractivity contribution in [2.45, 2.75) is 45.8 Å². The maximum Gasteiger partial charge on any atom is 0.191 e. The highest BCUT2D eigenvalue weighted by atomic mass is 16.5. The third-order valence-electron chi connectivity index (χ3n) is 5.25. The molecular formula is C24H35N5O. The van der Waals surface area contributed by atoms with E-state index in [0.29, 0.717) is 13.2 Å². The quantitative estimate of drug-likeness (QED) is 0.354. The molecule has 0 aliphatic carbocycles. The molecule has 6 nitrogen and oxygen atoms in total. The topological polar surface area (TPSA) is 61.8 Å². The Bertz CT molecular complexity index is 757. The Morgan fingerprint density at radius 1 is 1.13 bits per heavy atom. The van der Waals surface area contributed by atoms with Crippen molar-refractivity contribution in [1.82, 2.24) is 15.6 Å². The summed E-state index contributed by atoms with van der Waals surface area (Å²) in [5.74, 6) is 1.91. The maximum absolute atomic E-state index is 5.94. The number of rotatable bonds is 10. The average molecular weight is 410 g/mol. The van der Waals surface area contributed by atoms with Gasteiger partial charge >= 0.3 is 0 Å². The third-order valence-corrected chi connectivity index (χ3v) is 5.25. The number of aliphatic imine (C=N–C) groups is 1. The van der Waals surface area contributed by atoms with Crippen LogP contribution in [0.5, 0.6) is 0 Å². The summed E-state index contributed by atoms with van der Waals surface area (Å²) in [6.45, 7) is 9.39. The summed E-state index contributed by atoms with van der Waals surface area (Å²) in [6.07, 6.45) is 5.51. The molecule has 1 aromatic heterocycles. The van der Waals surface area contributed by atoms with E-state index in [2.05, 4.69) is 58.6 Å². The molecule has 2 N–H and O–H groups in total. The molecule has 0 saturated carbocycles. The van der Waals surface area contributed by atoms with Crippen molar-refractivity contribution in [3.05, 3.63) is 59.8 Å². The molecule has 1 fully saturated rings. The van der Waals surface area contributed by atoms with Crippen molar-refractivity contribution in [2.75, 3.05) is 37.7 Å². The first-order valence-electron chi connectivity index (χ1n) is 11.1. The van der Waals surface area contributed by atoms with Crippen LogP contribution in [0, 0.1) is 0 Å². The number of ether oxygens (including phenoxy) is 1. The number of hydrogen-bond donors (Lipinski definition) is 2. The van der Waals surface area contributed by atoms with Gasteiger partial charge in [-0.05, 0) is 50.3 Å². The molecule has 1 unspecified atom stereocenters. The summed E-state index contributed by atoms with van der Waals surface area (Å²) < 4.78 is 5.94. The lowest BCUT2D eigenvalue weighted by atomic mass is 10.1. The number of nitrogens with one attached hydrogen (secondary N) is 2. The Morgan fingerprint density at radius 2 is 1.93 bits per heavy atom. The molecule has 1 aromatic carbocycles. The molecule has 1 atom stereocenters. The number of nitrogens with zero attached hydrogens (tertiary/aromatic N) is 3. The van der Waals surface area contributed by atoms with Crippen LogP contribution in [-0.4, -0.2) is 43.7 Å². The summed E-state index contributed by atoms with van der Waals surface area (Å²) in [4.78, 5) is 11.6. The standard InChI is InChI=1S/C24H35N5O/c1-3-25-24(26-14-9-17-30-20(2)22-10-5-4-6-11-22)28-19-21-12-13-23(27-18-21)29-15-7-8-16-29/h4-6,10-13,18,20H,3,7-9,14-17,19H2,1-2H3,(H2,25,26,28). The Kier molecular flexibility index (Phi) is 8.97. The molecule has 1 aliphatic rings. The van der Waals surface area contributed by atoms with Crippen LogP contribution in [0.2, 0.25) is 0 Å². The molecule has 162 valence electrons. The number of anilines is 1. The van der Waals surface area contributed by atoms with Crippen molar-refractivity contribution in [2.24, 2.45) is 4.99 Å². The molecule has 0 spiro atoms. The minimum absolute atomic E-state index is 0.115. The van der Waals surface area contributed by atoms with Gasteiger partial charge in [-0.3, -0.25) is 0 Å². The van der Waals surface area contributed by atoms with Crippen LogP contribution in [0.15, 0.2) is 53.7 Å². The fourth-order valence-corrected chi connectivity index (χ4v) is 3.51. The Hall–Kier alpha value is -2.60. The average Bonchev–Trinajstić information content (AvgIpc) is 3.33. The first kappa shape index (κ1) is 22.1. The van der Waals surface area contributed by atoms with Crippen LogP contribution >= 0.6 is 0 Å². The number of pyridine rings is 1. The second-order valence-electron chi connectivity index (χ2n) is 7.62. The van der Waals surface area contributed by atoms with E-state index in [1.54, 1.807) is 0 Å². The number of aromatic nitrogens is 1. The Morgan fingerprint density at radius 3 is 2.63 bits per heavy atom. The summed E-state index contributed by atoms with van der Waals surface area (Å²) in [7, 11) is 0. The summed E-state index contributed by atoms with van der Waals surface area (Å²) in [5, 5.41) is 6.69. The van der Waals surface area contributed by atoms with E-state index < -0.39 is 0 Å². The lowest BCUT2D eigenvalue weighted by molar-refractivity contribution is 0.0646. The SMILES string of the molecule is CCNC(=NCc1ccc(N2CCCC2)nc1)NCCCOC(C)c1ccccc1. The van der Waals surface area contributed by atoms with E-state index >= 15 is 0 Å². The zero-order valence-corrected chi connectivity index (χ0v) is 18.3. The van der Waals surface area contributed by atoms with Crippen molar-refractivity contribution < 1.29 is 4.74 Å². The Balaban J connectivity index is 1.39. The van der Waals surface area contributed by atoms with Crippen molar-refractivity contribution in [1.29, 1.82) is 0 Å². The first-order chi connectivity index (χ1) is 14.8. The van der Waals surface area contributed by atoms with Crippen LogP contribution < -0.4 is 15.5 Å². The highest BCUT2D eigenvalue weighted by Crippen LogP contribution is 2.18. The molecule has 0 amide bonds. The van der Waals surface area contributed by atoms with Gasteiger partial charge in [0.15, 0.2) is 5.96 Å². The van der Waals surface area contributed by atoms with Crippen LogP contribution in [-0.2, 0) is 11.3 Å². The molecule has 0 bridgehead atoms.